The molecule has 2 atom stereocenters. The standard InChI is InChI=1S/C17H29NOS/c1-7-11-18-13(4)17-15(19-6)9-8-10-16(17)20-14(5)12(2)3/h8-10,12-14,18H,7,11H2,1-6H3. The quantitative estimate of drug-likeness (QED) is 0.690. The second-order valence-electron chi connectivity index (χ2n) is 5.61. The van der Waals surface area contributed by atoms with Gasteiger partial charge in [0.1, 0.15) is 5.75 Å². The van der Waals surface area contributed by atoms with Crippen LogP contribution >= 0.6 is 11.8 Å². The van der Waals surface area contributed by atoms with E-state index in [-0.39, 0.29) is 0 Å². The maximum atomic E-state index is 5.58. The molecule has 0 fully saturated rings. The average Bonchev–Trinajstić information content (AvgIpc) is 2.44. The van der Waals surface area contributed by atoms with Crippen molar-refractivity contribution in [1.29, 1.82) is 0 Å². The van der Waals surface area contributed by atoms with Crippen LogP contribution in [0.4, 0.5) is 0 Å². The monoisotopic (exact) mass is 295 g/mol. The third-order valence-electron chi connectivity index (χ3n) is 3.63. The van der Waals surface area contributed by atoms with Crippen molar-refractivity contribution in [1.82, 2.24) is 5.32 Å². The van der Waals surface area contributed by atoms with Crippen LogP contribution in [0.3, 0.4) is 0 Å². The Balaban J connectivity index is 3.03. The van der Waals surface area contributed by atoms with E-state index < -0.39 is 0 Å². The van der Waals surface area contributed by atoms with Gasteiger partial charge in [-0.1, -0.05) is 33.8 Å². The van der Waals surface area contributed by atoms with Gasteiger partial charge in [-0.05, 0) is 37.9 Å². The molecule has 20 heavy (non-hydrogen) atoms. The number of thioether (sulfide) groups is 1. The van der Waals surface area contributed by atoms with E-state index in [0.717, 1.165) is 18.7 Å². The van der Waals surface area contributed by atoms with Crippen molar-refractivity contribution in [3.05, 3.63) is 23.8 Å². The molecule has 0 saturated carbocycles. The second-order valence-corrected chi connectivity index (χ2v) is 7.03. The highest BCUT2D eigenvalue weighted by Gasteiger charge is 2.18. The Morgan fingerprint density at radius 3 is 2.45 bits per heavy atom. The molecule has 1 N–H and O–H groups in total. The largest absolute Gasteiger partial charge is 0.496 e. The van der Waals surface area contributed by atoms with Crippen LogP contribution < -0.4 is 10.1 Å². The van der Waals surface area contributed by atoms with Crippen LogP contribution in [0.5, 0.6) is 5.75 Å². The Morgan fingerprint density at radius 1 is 1.20 bits per heavy atom. The maximum absolute atomic E-state index is 5.58. The van der Waals surface area contributed by atoms with E-state index in [1.54, 1.807) is 7.11 Å². The van der Waals surface area contributed by atoms with Crippen LogP contribution in [0.25, 0.3) is 0 Å². The highest BCUT2D eigenvalue weighted by Crippen LogP contribution is 2.38. The zero-order valence-corrected chi connectivity index (χ0v) is 14.5. The lowest BCUT2D eigenvalue weighted by Gasteiger charge is -2.23. The molecular weight excluding hydrogens is 266 g/mol. The van der Waals surface area contributed by atoms with E-state index in [4.69, 9.17) is 4.74 Å². The third kappa shape index (κ3) is 4.71. The van der Waals surface area contributed by atoms with E-state index in [2.05, 4.69) is 58.1 Å². The van der Waals surface area contributed by atoms with Crippen LogP contribution in [-0.2, 0) is 0 Å². The predicted molar refractivity (Wildman–Crippen MR) is 89.9 cm³/mol. The van der Waals surface area contributed by atoms with Gasteiger partial charge >= 0.3 is 0 Å². The Hall–Kier alpha value is -0.670. The lowest BCUT2D eigenvalue weighted by Crippen LogP contribution is -2.21. The Labute approximate surface area is 128 Å². The van der Waals surface area contributed by atoms with Crippen molar-refractivity contribution in [2.75, 3.05) is 13.7 Å². The van der Waals surface area contributed by atoms with Crippen LogP contribution in [0.1, 0.15) is 52.6 Å². The summed E-state index contributed by atoms with van der Waals surface area (Å²) in [7, 11) is 1.76. The van der Waals surface area contributed by atoms with Gasteiger partial charge in [0.15, 0.2) is 0 Å². The highest BCUT2D eigenvalue weighted by atomic mass is 32.2. The van der Waals surface area contributed by atoms with E-state index in [1.807, 2.05) is 11.8 Å². The molecule has 1 aromatic rings. The summed E-state index contributed by atoms with van der Waals surface area (Å²) in [5.41, 5.74) is 1.29. The number of rotatable bonds is 8. The molecular formula is C17H29NOS. The number of methoxy groups -OCH3 is 1. The molecule has 0 spiro atoms. The van der Waals surface area contributed by atoms with Crippen molar-refractivity contribution in [3.63, 3.8) is 0 Å². The summed E-state index contributed by atoms with van der Waals surface area (Å²) in [6.07, 6.45) is 1.14. The fourth-order valence-electron chi connectivity index (χ4n) is 2.03. The third-order valence-corrected chi connectivity index (χ3v) is 5.16. The lowest BCUT2D eigenvalue weighted by molar-refractivity contribution is 0.399. The first-order valence-corrected chi connectivity index (χ1v) is 8.46. The average molecular weight is 295 g/mol. The summed E-state index contributed by atoms with van der Waals surface area (Å²) in [6.45, 7) is 12.3. The molecule has 0 aliphatic heterocycles. The minimum Gasteiger partial charge on any atom is -0.496 e. The molecule has 0 aliphatic rings. The van der Waals surface area contributed by atoms with E-state index in [0.29, 0.717) is 17.2 Å². The van der Waals surface area contributed by atoms with E-state index >= 15 is 0 Å². The first kappa shape index (κ1) is 17.4. The Morgan fingerprint density at radius 2 is 1.90 bits per heavy atom. The minimum absolute atomic E-state index is 0.313. The Bertz CT molecular complexity index is 406. The molecule has 1 aromatic carbocycles. The van der Waals surface area contributed by atoms with Crippen LogP contribution in [0, 0.1) is 5.92 Å². The van der Waals surface area contributed by atoms with Gasteiger partial charge in [-0.15, -0.1) is 11.8 Å². The number of nitrogens with one attached hydrogen (secondary N) is 1. The first-order valence-electron chi connectivity index (χ1n) is 7.58. The summed E-state index contributed by atoms with van der Waals surface area (Å²) in [5.74, 6) is 1.65. The molecule has 2 unspecified atom stereocenters. The Kier molecular flexibility index (Phi) is 7.46. The molecule has 0 amide bonds. The normalized spacial score (nSPS) is 14.3. The molecule has 2 nitrogen and oxygen atoms in total. The van der Waals surface area contributed by atoms with Crippen molar-refractivity contribution in [2.45, 2.75) is 57.2 Å². The topological polar surface area (TPSA) is 21.3 Å². The molecule has 0 bridgehead atoms. The fraction of sp³-hybridized carbons (Fsp3) is 0.647. The SMILES string of the molecule is CCCNC(C)c1c(OC)cccc1SC(C)C(C)C. The zero-order chi connectivity index (χ0) is 15.1. The second kappa shape index (κ2) is 8.58. The fourth-order valence-corrected chi connectivity index (χ4v) is 3.26. The molecule has 3 heteroatoms. The number of hydrogen-bond acceptors (Lipinski definition) is 3. The number of hydrogen-bond donors (Lipinski definition) is 1. The van der Waals surface area contributed by atoms with Crippen molar-refractivity contribution in [3.8, 4) is 5.75 Å². The number of ether oxygens (including phenoxy) is 1. The lowest BCUT2D eigenvalue weighted by atomic mass is 10.1. The van der Waals surface area contributed by atoms with Gasteiger partial charge in [0.25, 0.3) is 0 Å². The van der Waals surface area contributed by atoms with Gasteiger partial charge in [-0.25, -0.2) is 0 Å². The minimum atomic E-state index is 0.313. The highest BCUT2D eigenvalue weighted by molar-refractivity contribution is 8.00. The van der Waals surface area contributed by atoms with Crippen molar-refractivity contribution in [2.24, 2.45) is 5.92 Å². The first-order chi connectivity index (χ1) is 9.51. The van der Waals surface area contributed by atoms with E-state index in [9.17, 15) is 0 Å². The molecule has 0 heterocycles. The summed E-state index contributed by atoms with van der Waals surface area (Å²) < 4.78 is 5.58. The molecule has 0 saturated heterocycles. The summed E-state index contributed by atoms with van der Waals surface area (Å²) >= 11 is 1.95. The van der Waals surface area contributed by atoms with Gasteiger partial charge in [-0.2, -0.15) is 0 Å². The smallest absolute Gasteiger partial charge is 0.124 e. The molecule has 0 radical (unpaired) electrons. The maximum Gasteiger partial charge on any atom is 0.124 e. The molecule has 0 aliphatic carbocycles. The van der Waals surface area contributed by atoms with Crippen molar-refractivity contribution >= 4 is 11.8 Å². The summed E-state index contributed by atoms with van der Waals surface area (Å²) in [5, 5.41) is 4.17. The van der Waals surface area contributed by atoms with Crippen LogP contribution in [0.15, 0.2) is 23.1 Å². The van der Waals surface area contributed by atoms with Crippen molar-refractivity contribution < 1.29 is 4.74 Å². The van der Waals surface area contributed by atoms with Crippen LogP contribution in [0.2, 0.25) is 0 Å². The number of benzene rings is 1. The van der Waals surface area contributed by atoms with Crippen LogP contribution in [-0.4, -0.2) is 18.9 Å². The zero-order valence-electron chi connectivity index (χ0n) is 13.7. The molecule has 114 valence electrons. The summed E-state index contributed by atoms with van der Waals surface area (Å²) in [4.78, 5) is 1.33. The summed E-state index contributed by atoms with van der Waals surface area (Å²) in [6, 6.07) is 6.67. The van der Waals surface area contributed by atoms with Gasteiger partial charge < -0.3 is 10.1 Å². The molecule has 1 rings (SSSR count). The van der Waals surface area contributed by atoms with Gasteiger partial charge in [-0.3, -0.25) is 0 Å². The predicted octanol–water partition coefficient (Wildman–Crippen LogP) is 4.89. The van der Waals surface area contributed by atoms with Gasteiger partial charge in [0.2, 0.25) is 0 Å². The van der Waals surface area contributed by atoms with Gasteiger partial charge in [0, 0.05) is 21.8 Å². The van der Waals surface area contributed by atoms with E-state index in [1.165, 1.54) is 10.5 Å². The molecule has 0 aromatic heterocycles. The van der Waals surface area contributed by atoms with Gasteiger partial charge in [0.05, 0.1) is 7.11 Å².